The molecule has 2 aliphatic heterocycles. The lowest BCUT2D eigenvalue weighted by molar-refractivity contribution is -0.141. The summed E-state index contributed by atoms with van der Waals surface area (Å²) in [4.78, 5) is 15.2. The van der Waals surface area contributed by atoms with E-state index in [-0.39, 0.29) is 11.5 Å². The first-order valence-electron chi connectivity index (χ1n) is 11.6. The lowest BCUT2D eigenvalue weighted by Gasteiger charge is -2.30. The number of nitrogens with zero attached hydrogens (tertiary/aromatic N) is 3. The van der Waals surface area contributed by atoms with E-state index in [0.717, 1.165) is 55.1 Å². The van der Waals surface area contributed by atoms with Crippen LogP contribution in [0, 0.1) is 17.6 Å². The molecule has 2 fully saturated rings. The standard InChI is InChI=1S/C13H14F5N.C11H15N3O/c1-19-6-4-8(5-7-19)9-2-3-10(14)12(15)11(9)13(16,17)18;15-7-11-9-3-4-14(5-8-1-2-8)6-10(9)12-13-11/h2-3,8H,4-7H2,1H3;7-8H,1-6H2,(H,12,13). The third-order valence-corrected chi connectivity index (χ3v) is 6.94. The Kier molecular flexibility index (Phi) is 7.37. The number of aldehydes is 1. The number of hydrogen-bond acceptors (Lipinski definition) is 4. The Balaban J connectivity index is 0.000000165. The molecule has 5 rings (SSSR count). The third-order valence-electron chi connectivity index (χ3n) is 6.94. The molecule has 1 aromatic carbocycles. The molecule has 0 amide bonds. The summed E-state index contributed by atoms with van der Waals surface area (Å²) >= 11 is 0. The predicted octanol–water partition coefficient (Wildman–Crippen LogP) is 4.78. The summed E-state index contributed by atoms with van der Waals surface area (Å²) in [6, 6.07) is 1.84. The topological polar surface area (TPSA) is 52.2 Å². The van der Waals surface area contributed by atoms with Crippen molar-refractivity contribution < 1.29 is 26.7 Å². The number of halogens is 5. The highest BCUT2D eigenvalue weighted by Crippen LogP contribution is 2.40. The van der Waals surface area contributed by atoms with Gasteiger partial charge in [0.2, 0.25) is 0 Å². The maximum atomic E-state index is 13.5. The second-order valence-electron chi connectivity index (χ2n) is 9.51. The molecule has 1 saturated heterocycles. The zero-order valence-corrected chi connectivity index (χ0v) is 19.1. The minimum absolute atomic E-state index is 0.125. The van der Waals surface area contributed by atoms with Crippen molar-refractivity contribution in [1.29, 1.82) is 0 Å². The number of alkyl halides is 3. The number of aromatic nitrogens is 2. The van der Waals surface area contributed by atoms with Crippen LogP contribution in [0.2, 0.25) is 0 Å². The minimum atomic E-state index is -4.87. The largest absolute Gasteiger partial charge is 0.419 e. The highest BCUT2D eigenvalue weighted by Gasteiger charge is 2.40. The van der Waals surface area contributed by atoms with Crippen LogP contribution in [0.4, 0.5) is 22.0 Å². The van der Waals surface area contributed by atoms with Gasteiger partial charge in [-0.3, -0.25) is 14.8 Å². The van der Waals surface area contributed by atoms with E-state index >= 15 is 0 Å². The average Bonchev–Trinajstić information content (AvgIpc) is 3.51. The Hall–Kier alpha value is -2.33. The van der Waals surface area contributed by atoms with Crippen LogP contribution in [0.15, 0.2) is 12.1 Å². The number of fused-ring (bicyclic) bond motifs is 1. The molecule has 1 saturated carbocycles. The molecule has 3 heterocycles. The van der Waals surface area contributed by atoms with Gasteiger partial charge in [-0.1, -0.05) is 6.07 Å². The van der Waals surface area contributed by atoms with E-state index in [1.165, 1.54) is 19.4 Å². The molecular weight excluding hydrogens is 455 g/mol. The van der Waals surface area contributed by atoms with E-state index in [0.29, 0.717) is 31.6 Å². The minimum Gasteiger partial charge on any atom is -0.306 e. The number of carbonyl (C=O) groups is 1. The zero-order valence-electron chi connectivity index (χ0n) is 19.1. The van der Waals surface area contributed by atoms with Gasteiger partial charge in [-0.2, -0.15) is 18.3 Å². The van der Waals surface area contributed by atoms with Gasteiger partial charge >= 0.3 is 6.18 Å². The van der Waals surface area contributed by atoms with Crippen molar-refractivity contribution in [2.75, 3.05) is 33.2 Å². The smallest absolute Gasteiger partial charge is 0.306 e. The summed E-state index contributed by atoms with van der Waals surface area (Å²) in [5.74, 6) is -2.68. The first-order valence-corrected chi connectivity index (χ1v) is 11.6. The molecule has 186 valence electrons. The van der Waals surface area contributed by atoms with Crippen molar-refractivity contribution >= 4 is 6.29 Å². The fraction of sp³-hybridized carbons (Fsp3) is 0.583. The number of H-pyrrole nitrogens is 1. The van der Waals surface area contributed by atoms with Gasteiger partial charge in [0.05, 0.1) is 11.3 Å². The fourth-order valence-electron chi connectivity index (χ4n) is 4.83. The van der Waals surface area contributed by atoms with Crippen LogP contribution in [-0.4, -0.2) is 59.5 Å². The quantitative estimate of drug-likeness (QED) is 0.501. The number of piperidine rings is 1. The Morgan fingerprint density at radius 3 is 2.44 bits per heavy atom. The van der Waals surface area contributed by atoms with Gasteiger partial charge in [0.15, 0.2) is 17.9 Å². The molecule has 34 heavy (non-hydrogen) atoms. The molecule has 2 aromatic rings. The Bertz CT molecular complexity index is 1010. The number of likely N-dealkylation sites (tertiary alicyclic amines) is 1. The van der Waals surface area contributed by atoms with Gasteiger partial charge in [0.25, 0.3) is 0 Å². The molecule has 0 radical (unpaired) electrons. The van der Waals surface area contributed by atoms with E-state index in [4.69, 9.17) is 0 Å². The maximum absolute atomic E-state index is 13.5. The normalized spacial score (nSPS) is 19.9. The van der Waals surface area contributed by atoms with Crippen molar-refractivity contribution in [2.45, 2.75) is 50.7 Å². The lowest BCUT2D eigenvalue weighted by Crippen LogP contribution is -2.32. The number of nitrogens with one attached hydrogen (secondary N) is 1. The van der Waals surface area contributed by atoms with Crippen LogP contribution in [0.3, 0.4) is 0 Å². The summed E-state index contributed by atoms with van der Waals surface area (Å²) in [6.07, 6.45) is 0.774. The van der Waals surface area contributed by atoms with Crippen LogP contribution < -0.4 is 0 Å². The Morgan fingerprint density at radius 2 is 1.82 bits per heavy atom. The molecule has 10 heteroatoms. The van der Waals surface area contributed by atoms with Crippen molar-refractivity contribution in [3.63, 3.8) is 0 Å². The number of hydrogen-bond donors (Lipinski definition) is 1. The second kappa shape index (κ2) is 10.1. The fourth-order valence-corrected chi connectivity index (χ4v) is 4.83. The molecule has 1 aromatic heterocycles. The molecule has 0 spiro atoms. The van der Waals surface area contributed by atoms with Gasteiger partial charge in [-0.25, -0.2) is 8.78 Å². The summed E-state index contributed by atoms with van der Waals surface area (Å²) in [5.41, 5.74) is 1.32. The van der Waals surface area contributed by atoms with Gasteiger partial charge in [0.1, 0.15) is 5.69 Å². The van der Waals surface area contributed by atoms with Gasteiger partial charge < -0.3 is 4.90 Å². The van der Waals surface area contributed by atoms with Crippen molar-refractivity contribution in [1.82, 2.24) is 20.0 Å². The predicted molar refractivity (Wildman–Crippen MR) is 117 cm³/mol. The van der Waals surface area contributed by atoms with Gasteiger partial charge in [-0.15, -0.1) is 0 Å². The van der Waals surface area contributed by atoms with Crippen molar-refractivity contribution in [3.05, 3.63) is 51.8 Å². The molecule has 0 bridgehead atoms. The molecule has 0 unspecified atom stereocenters. The first-order chi connectivity index (χ1) is 16.2. The summed E-state index contributed by atoms with van der Waals surface area (Å²) < 4.78 is 65.2. The summed E-state index contributed by atoms with van der Waals surface area (Å²) in [5, 5.41) is 7.00. The van der Waals surface area contributed by atoms with Crippen LogP contribution in [0.25, 0.3) is 0 Å². The van der Waals surface area contributed by atoms with Crippen molar-refractivity contribution in [3.8, 4) is 0 Å². The highest BCUT2D eigenvalue weighted by atomic mass is 19.4. The second-order valence-corrected chi connectivity index (χ2v) is 9.51. The molecule has 0 atom stereocenters. The third kappa shape index (κ3) is 5.66. The van der Waals surface area contributed by atoms with Crippen molar-refractivity contribution in [2.24, 2.45) is 5.92 Å². The van der Waals surface area contributed by atoms with Gasteiger partial charge in [0, 0.05) is 25.2 Å². The highest BCUT2D eigenvalue weighted by molar-refractivity contribution is 5.74. The zero-order chi connectivity index (χ0) is 24.5. The maximum Gasteiger partial charge on any atom is 0.419 e. The monoisotopic (exact) mass is 484 g/mol. The number of carbonyl (C=O) groups excluding carboxylic acids is 1. The van der Waals surface area contributed by atoms with Crippen LogP contribution in [-0.2, 0) is 19.1 Å². The van der Waals surface area contributed by atoms with E-state index in [1.54, 1.807) is 0 Å². The van der Waals surface area contributed by atoms with Crippen LogP contribution in [0.5, 0.6) is 0 Å². The van der Waals surface area contributed by atoms with Gasteiger partial charge in [-0.05, 0) is 75.7 Å². The average molecular weight is 485 g/mol. The SMILES string of the molecule is CN1CCC(c2ccc(F)c(F)c2C(F)(F)F)CC1.O=Cc1n[nH]c2c1CCN(CC1CC1)C2. The lowest BCUT2D eigenvalue weighted by atomic mass is 9.86. The van der Waals surface area contributed by atoms with Crippen LogP contribution in [0.1, 0.15) is 64.5 Å². The Morgan fingerprint density at radius 1 is 1.12 bits per heavy atom. The molecular formula is C24H29F5N4O. The first kappa shape index (κ1) is 24.8. The van der Waals surface area contributed by atoms with E-state index in [2.05, 4.69) is 15.1 Å². The summed E-state index contributed by atoms with van der Waals surface area (Å²) in [6.45, 7) is 4.54. The molecule has 1 aliphatic carbocycles. The number of aromatic amines is 1. The Labute approximate surface area is 195 Å². The van der Waals surface area contributed by atoms with E-state index in [9.17, 15) is 26.7 Å². The van der Waals surface area contributed by atoms with Crippen LogP contribution >= 0.6 is 0 Å². The molecule has 5 nitrogen and oxygen atoms in total. The molecule has 3 aliphatic rings. The van der Waals surface area contributed by atoms with E-state index < -0.39 is 23.4 Å². The number of benzene rings is 1. The molecule has 1 N–H and O–H groups in total. The van der Waals surface area contributed by atoms with E-state index in [1.807, 2.05) is 11.9 Å². The summed E-state index contributed by atoms with van der Waals surface area (Å²) in [7, 11) is 1.88. The number of rotatable bonds is 4.